The van der Waals surface area contributed by atoms with Crippen LogP contribution in [0.2, 0.25) is 0 Å². The van der Waals surface area contributed by atoms with Gasteiger partial charge in [0.1, 0.15) is 0 Å². The largest absolute Gasteiger partial charge is 0.410 e. The van der Waals surface area contributed by atoms with E-state index in [0.29, 0.717) is 16.9 Å². The van der Waals surface area contributed by atoms with E-state index < -0.39 is 5.60 Å². The summed E-state index contributed by atoms with van der Waals surface area (Å²) in [6.45, 7) is 0. The van der Waals surface area contributed by atoms with Gasteiger partial charge in [-0.1, -0.05) is 37.1 Å². The molecule has 1 fully saturated rings. The van der Waals surface area contributed by atoms with Gasteiger partial charge >= 0.3 is 0 Å². The summed E-state index contributed by atoms with van der Waals surface area (Å²) in [7, 11) is 0. The number of hydrogen-bond donors (Lipinski definition) is 1. The SMILES string of the molecule is OC1(CSc2nnc(-c3cccs3)o2)CCCCC1. The fourth-order valence-electron chi connectivity index (χ4n) is 2.32. The highest BCUT2D eigenvalue weighted by Crippen LogP contribution is 2.34. The minimum Gasteiger partial charge on any atom is -0.410 e. The zero-order chi connectivity index (χ0) is 13.1. The second kappa shape index (κ2) is 5.64. The van der Waals surface area contributed by atoms with Crippen molar-refractivity contribution in [2.24, 2.45) is 0 Å². The zero-order valence-corrected chi connectivity index (χ0v) is 12.2. The molecule has 4 nitrogen and oxygen atoms in total. The molecule has 102 valence electrons. The minimum atomic E-state index is -0.555. The fraction of sp³-hybridized carbons (Fsp3) is 0.538. The van der Waals surface area contributed by atoms with Crippen LogP contribution in [0.1, 0.15) is 32.1 Å². The van der Waals surface area contributed by atoms with Crippen LogP contribution in [0.15, 0.2) is 27.2 Å². The molecule has 1 aliphatic carbocycles. The molecule has 2 heterocycles. The Bertz CT molecular complexity index is 518. The third-order valence-corrected chi connectivity index (χ3v) is 5.34. The van der Waals surface area contributed by atoms with Crippen molar-refractivity contribution in [1.29, 1.82) is 0 Å². The van der Waals surface area contributed by atoms with Crippen LogP contribution in [-0.4, -0.2) is 26.7 Å². The van der Waals surface area contributed by atoms with Crippen LogP contribution in [0, 0.1) is 0 Å². The number of nitrogens with zero attached hydrogens (tertiary/aromatic N) is 2. The molecule has 0 radical (unpaired) electrons. The summed E-state index contributed by atoms with van der Waals surface area (Å²) in [5.74, 6) is 1.20. The number of aromatic nitrogens is 2. The molecule has 0 atom stereocenters. The first-order valence-corrected chi connectivity index (χ1v) is 8.34. The van der Waals surface area contributed by atoms with Crippen molar-refractivity contribution in [2.45, 2.75) is 42.9 Å². The van der Waals surface area contributed by atoms with Crippen molar-refractivity contribution in [3.05, 3.63) is 17.5 Å². The van der Waals surface area contributed by atoms with E-state index in [2.05, 4.69) is 10.2 Å². The maximum Gasteiger partial charge on any atom is 0.276 e. The molecular weight excluding hydrogens is 280 g/mol. The van der Waals surface area contributed by atoms with E-state index >= 15 is 0 Å². The normalized spacial score (nSPS) is 18.6. The Morgan fingerprint density at radius 1 is 1.32 bits per heavy atom. The molecule has 2 aromatic heterocycles. The predicted molar refractivity (Wildman–Crippen MR) is 76.4 cm³/mol. The summed E-state index contributed by atoms with van der Waals surface area (Å²) in [6.07, 6.45) is 5.22. The first kappa shape index (κ1) is 13.1. The average molecular weight is 296 g/mol. The zero-order valence-electron chi connectivity index (χ0n) is 10.5. The van der Waals surface area contributed by atoms with E-state index in [4.69, 9.17) is 4.42 Å². The Morgan fingerprint density at radius 2 is 2.16 bits per heavy atom. The molecular formula is C13H16N2O2S2. The Hall–Kier alpha value is -0.850. The van der Waals surface area contributed by atoms with Gasteiger partial charge in [0.2, 0.25) is 0 Å². The van der Waals surface area contributed by atoms with Crippen molar-refractivity contribution in [3.63, 3.8) is 0 Å². The van der Waals surface area contributed by atoms with Crippen LogP contribution < -0.4 is 0 Å². The van der Waals surface area contributed by atoms with Crippen LogP contribution >= 0.6 is 23.1 Å². The van der Waals surface area contributed by atoms with Gasteiger partial charge in [-0.25, -0.2) is 0 Å². The molecule has 3 rings (SSSR count). The maximum atomic E-state index is 10.4. The lowest BCUT2D eigenvalue weighted by molar-refractivity contribution is 0.0271. The van der Waals surface area contributed by atoms with Crippen molar-refractivity contribution in [2.75, 3.05) is 5.75 Å². The Balaban J connectivity index is 1.61. The third-order valence-electron chi connectivity index (χ3n) is 3.39. The average Bonchev–Trinajstić information content (AvgIpc) is 3.08. The molecule has 19 heavy (non-hydrogen) atoms. The van der Waals surface area contributed by atoms with Crippen LogP contribution in [-0.2, 0) is 0 Å². The van der Waals surface area contributed by atoms with Gasteiger partial charge in [0, 0.05) is 5.75 Å². The molecule has 6 heteroatoms. The number of hydrogen-bond acceptors (Lipinski definition) is 6. The number of thiophene rings is 1. The standard InChI is InChI=1S/C13H16N2O2S2/c16-13(6-2-1-3-7-13)9-19-12-15-14-11(17-12)10-5-4-8-18-10/h4-5,8,16H,1-3,6-7,9H2. The lowest BCUT2D eigenvalue weighted by atomic mass is 9.86. The topological polar surface area (TPSA) is 59.2 Å². The molecule has 2 aromatic rings. The van der Waals surface area contributed by atoms with E-state index in [1.807, 2.05) is 17.5 Å². The molecule has 0 bridgehead atoms. The molecule has 0 aliphatic heterocycles. The van der Waals surface area contributed by atoms with Crippen LogP contribution in [0.25, 0.3) is 10.8 Å². The van der Waals surface area contributed by atoms with Crippen LogP contribution in [0.4, 0.5) is 0 Å². The fourth-order valence-corrected chi connectivity index (χ4v) is 3.88. The Kier molecular flexibility index (Phi) is 3.91. The van der Waals surface area contributed by atoms with Gasteiger partial charge in [-0.05, 0) is 24.3 Å². The Morgan fingerprint density at radius 3 is 2.89 bits per heavy atom. The molecule has 1 saturated carbocycles. The van der Waals surface area contributed by atoms with Gasteiger partial charge in [-0.3, -0.25) is 0 Å². The van der Waals surface area contributed by atoms with E-state index in [0.717, 1.165) is 30.6 Å². The van der Waals surface area contributed by atoms with Gasteiger partial charge in [-0.2, -0.15) is 0 Å². The molecule has 0 spiro atoms. The van der Waals surface area contributed by atoms with E-state index in [9.17, 15) is 5.11 Å². The highest BCUT2D eigenvalue weighted by molar-refractivity contribution is 7.99. The van der Waals surface area contributed by atoms with Crippen molar-refractivity contribution < 1.29 is 9.52 Å². The van der Waals surface area contributed by atoms with Crippen molar-refractivity contribution in [3.8, 4) is 10.8 Å². The van der Waals surface area contributed by atoms with E-state index in [1.54, 1.807) is 11.3 Å². The van der Waals surface area contributed by atoms with Crippen molar-refractivity contribution >= 4 is 23.1 Å². The summed E-state index contributed by atoms with van der Waals surface area (Å²) >= 11 is 3.04. The van der Waals surface area contributed by atoms with Crippen molar-refractivity contribution in [1.82, 2.24) is 10.2 Å². The lowest BCUT2D eigenvalue weighted by Crippen LogP contribution is -2.33. The van der Waals surface area contributed by atoms with Crippen LogP contribution in [0.3, 0.4) is 0 Å². The minimum absolute atomic E-state index is 0.544. The number of rotatable bonds is 4. The monoisotopic (exact) mass is 296 g/mol. The second-order valence-corrected chi connectivity index (χ2v) is 6.80. The van der Waals surface area contributed by atoms with Gasteiger partial charge in [0.15, 0.2) is 0 Å². The van der Waals surface area contributed by atoms with Crippen LogP contribution in [0.5, 0.6) is 0 Å². The molecule has 0 aromatic carbocycles. The molecule has 0 amide bonds. The molecule has 0 unspecified atom stereocenters. The molecule has 1 aliphatic rings. The predicted octanol–water partition coefficient (Wildman–Crippen LogP) is 3.59. The third kappa shape index (κ3) is 3.19. The lowest BCUT2D eigenvalue weighted by Gasteiger charge is -2.31. The van der Waals surface area contributed by atoms with E-state index in [-0.39, 0.29) is 0 Å². The highest BCUT2D eigenvalue weighted by atomic mass is 32.2. The second-order valence-electron chi connectivity index (χ2n) is 4.92. The highest BCUT2D eigenvalue weighted by Gasteiger charge is 2.30. The van der Waals surface area contributed by atoms with Gasteiger partial charge in [0.05, 0.1) is 10.5 Å². The summed E-state index contributed by atoms with van der Waals surface area (Å²) in [4.78, 5) is 0.982. The first-order chi connectivity index (χ1) is 9.25. The smallest absolute Gasteiger partial charge is 0.276 e. The summed E-state index contributed by atoms with van der Waals surface area (Å²) < 4.78 is 5.60. The van der Waals surface area contributed by atoms with Gasteiger partial charge in [-0.15, -0.1) is 21.5 Å². The first-order valence-electron chi connectivity index (χ1n) is 6.48. The molecule has 1 N–H and O–H groups in total. The van der Waals surface area contributed by atoms with Gasteiger partial charge in [0.25, 0.3) is 11.1 Å². The number of aliphatic hydroxyl groups is 1. The molecule has 0 saturated heterocycles. The van der Waals surface area contributed by atoms with Gasteiger partial charge < -0.3 is 9.52 Å². The summed E-state index contributed by atoms with van der Waals surface area (Å²) in [5.41, 5.74) is -0.555. The van der Waals surface area contributed by atoms with E-state index in [1.165, 1.54) is 18.2 Å². The maximum absolute atomic E-state index is 10.4. The Labute approximate surface area is 120 Å². The summed E-state index contributed by atoms with van der Waals surface area (Å²) in [6, 6.07) is 3.92. The number of thioether (sulfide) groups is 1. The summed E-state index contributed by atoms with van der Waals surface area (Å²) in [5, 5.41) is 21.0. The quantitative estimate of drug-likeness (QED) is 0.874.